The molecular formula is C12H14BrNO4. The highest BCUT2D eigenvalue weighted by molar-refractivity contribution is 9.08. The van der Waals surface area contributed by atoms with Crippen LogP contribution in [-0.2, 0) is 14.8 Å². The van der Waals surface area contributed by atoms with E-state index in [9.17, 15) is 9.59 Å². The van der Waals surface area contributed by atoms with Gasteiger partial charge in [0, 0.05) is 5.33 Å². The van der Waals surface area contributed by atoms with Crippen molar-refractivity contribution in [3.8, 4) is 0 Å². The average Bonchev–Trinajstić information content (AvgIpc) is 2.38. The third kappa shape index (κ3) is 3.53. The zero-order valence-corrected chi connectivity index (χ0v) is 11.8. The van der Waals surface area contributed by atoms with Gasteiger partial charge in [0.25, 0.3) is 0 Å². The third-order valence-corrected chi connectivity index (χ3v) is 2.63. The molecule has 1 aromatic heterocycles. The molecule has 0 radical (unpaired) electrons. The zero-order chi connectivity index (χ0) is 13.5. The van der Waals surface area contributed by atoms with E-state index in [-0.39, 0.29) is 24.5 Å². The number of halogens is 1. The van der Waals surface area contributed by atoms with Gasteiger partial charge in [-0.2, -0.15) is 0 Å². The highest BCUT2D eigenvalue weighted by Crippen LogP contribution is 2.13. The zero-order valence-electron chi connectivity index (χ0n) is 10.2. The molecule has 0 unspecified atom stereocenters. The molecule has 0 N–H and O–H groups in total. The molecule has 0 saturated carbocycles. The van der Waals surface area contributed by atoms with E-state index < -0.39 is 11.9 Å². The minimum Gasteiger partial charge on any atom is -0.462 e. The molecule has 1 heterocycles. The molecule has 0 spiro atoms. The predicted molar refractivity (Wildman–Crippen MR) is 68.8 cm³/mol. The lowest BCUT2D eigenvalue weighted by Gasteiger charge is -2.08. The van der Waals surface area contributed by atoms with E-state index in [0.29, 0.717) is 11.0 Å². The summed E-state index contributed by atoms with van der Waals surface area (Å²) in [5, 5.41) is 0.489. The molecular weight excluding hydrogens is 302 g/mol. The van der Waals surface area contributed by atoms with Crippen LogP contribution in [0.2, 0.25) is 0 Å². The van der Waals surface area contributed by atoms with Crippen LogP contribution >= 0.6 is 15.9 Å². The summed E-state index contributed by atoms with van der Waals surface area (Å²) in [6.07, 6.45) is 0. The smallest absolute Gasteiger partial charge is 0.357 e. The maximum Gasteiger partial charge on any atom is 0.357 e. The Morgan fingerprint density at radius 1 is 1.17 bits per heavy atom. The summed E-state index contributed by atoms with van der Waals surface area (Å²) in [5.74, 6) is -1.20. The molecule has 0 bridgehead atoms. The second-order valence-corrected chi connectivity index (χ2v) is 3.83. The van der Waals surface area contributed by atoms with Gasteiger partial charge in [0.2, 0.25) is 0 Å². The first-order valence-electron chi connectivity index (χ1n) is 5.54. The number of pyridine rings is 1. The van der Waals surface area contributed by atoms with Crippen LogP contribution in [0.5, 0.6) is 0 Å². The first kappa shape index (κ1) is 14.6. The second kappa shape index (κ2) is 7.10. The van der Waals surface area contributed by atoms with Crippen molar-refractivity contribution in [1.82, 2.24) is 4.98 Å². The second-order valence-electron chi connectivity index (χ2n) is 3.27. The fourth-order valence-corrected chi connectivity index (χ4v) is 1.61. The normalized spacial score (nSPS) is 9.94. The molecule has 5 nitrogen and oxygen atoms in total. The number of hydrogen-bond donors (Lipinski definition) is 0. The molecule has 0 aliphatic heterocycles. The minimum absolute atomic E-state index is 0.00718. The fraction of sp³-hybridized carbons (Fsp3) is 0.417. The summed E-state index contributed by atoms with van der Waals surface area (Å²) in [7, 11) is 0. The van der Waals surface area contributed by atoms with Crippen molar-refractivity contribution in [2.24, 2.45) is 0 Å². The Morgan fingerprint density at radius 3 is 2.33 bits per heavy atom. The van der Waals surface area contributed by atoms with Crippen LogP contribution in [0.1, 0.15) is 40.4 Å². The fourth-order valence-electron chi connectivity index (χ4n) is 1.30. The number of aromatic nitrogens is 1. The van der Waals surface area contributed by atoms with E-state index in [4.69, 9.17) is 9.47 Å². The molecule has 1 rings (SSSR count). The summed E-state index contributed by atoms with van der Waals surface area (Å²) in [4.78, 5) is 27.5. The molecule has 0 aromatic carbocycles. The topological polar surface area (TPSA) is 65.5 Å². The van der Waals surface area contributed by atoms with E-state index in [1.54, 1.807) is 19.9 Å². The van der Waals surface area contributed by atoms with Crippen LogP contribution in [0.25, 0.3) is 0 Å². The number of esters is 2. The highest BCUT2D eigenvalue weighted by Gasteiger charge is 2.21. The van der Waals surface area contributed by atoms with Gasteiger partial charge >= 0.3 is 11.9 Å². The van der Waals surface area contributed by atoms with Gasteiger partial charge in [0.1, 0.15) is 0 Å². The Balaban J connectivity index is 3.15. The first-order valence-corrected chi connectivity index (χ1v) is 6.66. The highest BCUT2D eigenvalue weighted by atomic mass is 79.9. The number of nitrogens with zero attached hydrogens (tertiary/aromatic N) is 1. The Morgan fingerprint density at radius 2 is 1.78 bits per heavy atom. The van der Waals surface area contributed by atoms with E-state index in [1.165, 1.54) is 6.07 Å². The number of ether oxygens (including phenoxy) is 2. The molecule has 0 atom stereocenters. The maximum atomic E-state index is 11.7. The largest absolute Gasteiger partial charge is 0.462 e. The van der Waals surface area contributed by atoms with Crippen LogP contribution in [0.3, 0.4) is 0 Å². The van der Waals surface area contributed by atoms with Crippen molar-refractivity contribution in [2.45, 2.75) is 19.2 Å². The SMILES string of the molecule is CCOC(=O)c1ccc(CBr)nc1C(=O)OCC. The van der Waals surface area contributed by atoms with Gasteiger partial charge in [-0.1, -0.05) is 15.9 Å². The van der Waals surface area contributed by atoms with Gasteiger partial charge in [-0.05, 0) is 26.0 Å². The Bertz CT molecular complexity index is 448. The molecule has 98 valence electrons. The van der Waals surface area contributed by atoms with Crippen LogP contribution in [0, 0.1) is 0 Å². The quantitative estimate of drug-likeness (QED) is 0.616. The van der Waals surface area contributed by atoms with Crippen molar-refractivity contribution in [3.05, 3.63) is 29.1 Å². The standard InChI is InChI=1S/C12H14BrNO4/c1-3-17-11(15)9-6-5-8(7-13)14-10(9)12(16)18-4-2/h5-6H,3-4,7H2,1-2H3. The summed E-state index contributed by atoms with van der Waals surface area (Å²) in [6.45, 7) is 3.85. The summed E-state index contributed by atoms with van der Waals surface area (Å²) in [6, 6.07) is 3.18. The average molecular weight is 316 g/mol. The maximum absolute atomic E-state index is 11.7. The monoisotopic (exact) mass is 315 g/mol. The number of carbonyl (C=O) groups excluding carboxylic acids is 2. The predicted octanol–water partition coefficient (Wildman–Crippen LogP) is 2.33. The van der Waals surface area contributed by atoms with E-state index >= 15 is 0 Å². The first-order chi connectivity index (χ1) is 8.63. The van der Waals surface area contributed by atoms with Crippen LogP contribution in [0.15, 0.2) is 12.1 Å². The summed E-state index contributed by atoms with van der Waals surface area (Å²) in [5.41, 5.74) is 0.762. The lowest BCUT2D eigenvalue weighted by molar-refractivity contribution is 0.0473. The molecule has 0 fully saturated rings. The van der Waals surface area contributed by atoms with Crippen molar-refractivity contribution in [3.63, 3.8) is 0 Å². The van der Waals surface area contributed by atoms with E-state index in [2.05, 4.69) is 20.9 Å². The molecule has 6 heteroatoms. The van der Waals surface area contributed by atoms with Gasteiger partial charge in [-0.15, -0.1) is 0 Å². The molecule has 0 aliphatic rings. The van der Waals surface area contributed by atoms with Crippen LogP contribution in [-0.4, -0.2) is 30.1 Å². The molecule has 0 aliphatic carbocycles. The summed E-state index contributed by atoms with van der Waals surface area (Å²) < 4.78 is 9.74. The van der Waals surface area contributed by atoms with Crippen LogP contribution in [0.4, 0.5) is 0 Å². The molecule has 18 heavy (non-hydrogen) atoms. The Hall–Kier alpha value is -1.43. The number of carbonyl (C=O) groups is 2. The molecule has 1 aromatic rings. The summed E-state index contributed by atoms with van der Waals surface area (Å²) >= 11 is 3.24. The van der Waals surface area contributed by atoms with E-state index in [1.807, 2.05) is 0 Å². The van der Waals surface area contributed by atoms with E-state index in [0.717, 1.165) is 0 Å². The van der Waals surface area contributed by atoms with Crippen molar-refractivity contribution in [2.75, 3.05) is 13.2 Å². The Labute approximate surface area is 114 Å². The van der Waals surface area contributed by atoms with Crippen molar-refractivity contribution in [1.29, 1.82) is 0 Å². The van der Waals surface area contributed by atoms with Gasteiger partial charge in [-0.25, -0.2) is 14.6 Å². The molecule has 0 amide bonds. The Kier molecular flexibility index (Phi) is 5.77. The third-order valence-electron chi connectivity index (χ3n) is 2.05. The van der Waals surface area contributed by atoms with Gasteiger partial charge in [0.15, 0.2) is 5.69 Å². The lowest BCUT2D eigenvalue weighted by atomic mass is 10.1. The van der Waals surface area contributed by atoms with Gasteiger partial charge < -0.3 is 9.47 Å². The van der Waals surface area contributed by atoms with Gasteiger partial charge in [0.05, 0.1) is 24.5 Å². The lowest BCUT2D eigenvalue weighted by Crippen LogP contribution is -2.16. The number of hydrogen-bond acceptors (Lipinski definition) is 5. The minimum atomic E-state index is -0.622. The van der Waals surface area contributed by atoms with Crippen LogP contribution < -0.4 is 0 Å². The van der Waals surface area contributed by atoms with Crippen molar-refractivity contribution < 1.29 is 19.1 Å². The number of alkyl halides is 1. The van der Waals surface area contributed by atoms with Crippen molar-refractivity contribution >= 4 is 27.9 Å². The number of rotatable bonds is 5. The molecule has 0 saturated heterocycles. The van der Waals surface area contributed by atoms with Gasteiger partial charge in [-0.3, -0.25) is 0 Å².